The largest absolute Gasteiger partial charge is 0.339 e. The van der Waals surface area contributed by atoms with Crippen molar-refractivity contribution in [3.05, 3.63) is 72.3 Å². The SMILES string of the molecule is O=C(Nc1nnc(-c2ccccc2)s1)C1CCN(C(=O)C=Cc2ccccc2)CC1. The second-order valence-corrected chi connectivity index (χ2v) is 8.09. The van der Waals surface area contributed by atoms with Crippen molar-refractivity contribution in [1.29, 1.82) is 0 Å². The molecule has 152 valence electrons. The summed E-state index contributed by atoms with van der Waals surface area (Å²) in [6, 6.07) is 19.5. The summed E-state index contributed by atoms with van der Waals surface area (Å²) in [6.07, 6.45) is 4.70. The molecule has 1 aliphatic heterocycles. The summed E-state index contributed by atoms with van der Waals surface area (Å²) in [6.45, 7) is 1.14. The number of hydrogen-bond acceptors (Lipinski definition) is 5. The van der Waals surface area contributed by atoms with Crippen LogP contribution in [0.3, 0.4) is 0 Å². The zero-order valence-corrected chi connectivity index (χ0v) is 17.2. The fourth-order valence-corrected chi connectivity index (χ4v) is 4.13. The van der Waals surface area contributed by atoms with Crippen molar-refractivity contribution in [2.45, 2.75) is 12.8 Å². The summed E-state index contributed by atoms with van der Waals surface area (Å²) < 4.78 is 0. The lowest BCUT2D eigenvalue weighted by Gasteiger charge is -2.30. The molecule has 1 saturated heterocycles. The molecule has 1 fully saturated rings. The molecule has 4 rings (SSSR count). The van der Waals surface area contributed by atoms with E-state index in [1.54, 1.807) is 11.0 Å². The molecule has 0 aliphatic carbocycles. The third-order valence-corrected chi connectivity index (χ3v) is 5.96. The third kappa shape index (κ3) is 4.99. The predicted molar refractivity (Wildman–Crippen MR) is 119 cm³/mol. The number of likely N-dealkylation sites (tertiary alicyclic amines) is 1. The number of amides is 2. The molecule has 2 heterocycles. The summed E-state index contributed by atoms with van der Waals surface area (Å²) >= 11 is 1.36. The Kier molecular flexibility index (Phi) is 6.29. The van der Waals surface area contributed by atoms with Gasteiger partial charge in [0.05, 0.1) is 0 Å². The maximum absolute atomic E-state index is 12.6. The standard InChI is InChI=1S/C23H22N4O2S/c28-20(12-11-17-7-3-1-4-8-17)27-15-13-18(14-16-27)21(29)24-23-26-25-22(30-23)19-9-5-2-6-10-19/h1-12,18H,13-16H2,(H,24,26,29). The van der Waals surface area contributed by atoms with Crippen LogP contribution >= 0.6 is 11.3 Å². The van der Waals surface area contributed by atoms with Crippen LogP contribution < -0.4 is 5.32 Å². The van der Waals surface area contributed by atoms with Crippen LogP contribution in [0.2, 0.25) is 0 Å². The molecule has 0 radical (unpaired) electrons. The van der Waals surface area contributed by atoms with E-state index in [-0.39, 0.29) is 17.7 Å². The van der Waals surface area contributed by atoms with Crippen LogP contribution in [0, 0.1) is 5.92 Å². The monoisotopic (exact) mass is 418 g/mol. The quantitative estimate of drug-likeness (QED) is 0.633. The minimum Gasteiger partial charge on any atom is -0.339 e. The second-order valence-electron chi connectivity index (χ2n) is 7.11. The molecule has 0 unspecified atom stereocenters. The van der Waals surface area contributed by atoms with E-state index >= 15 is 0 Å². The number of carbonyl (C=O) groups excluding carboxylic acids is 2. The minimum absolute atomic E-state index is 0.0191. The zero-order chi connectivity index (χ0) is 20.8. The molecular formula is C23H22N4O2S. The summed E-state index contributed by atoms with van der Waals surface area (Å²) in [4.78, 5) is 26.8. The van der Waals surface area contributed by atoms with Gasteiger partial charge < -0.3 is 10.2 Å². The average Bonchev–Trinajstić information content (AvgIpc) is 3.27. The first kappa shape index (κ1) is 20.0. The number of benzene rings is 2. The molecule has 0 spiro atoms. The number of carbonyl (C=O) groups is 2. The Labute approximate surface area is 179 Å². The van der Waals surface area contributed by atoms with Gasteiger partial charge in [0.1, 0.15) is 5.01 Å². The van der Waals surface area contributed by atoms with Crippen LogP contribution in [0.4, 0.5) is 5.13 Å². The van der Waals surface area contributed by atoms with Crippen LogP contribution in [-0.2, 0) is 9.59 Å². The lowest BCUT2D eigenvalue weighted by atomic mass is 9.96. The molecule has 2 amide bonds. The van der Waals surface area contributed by atoms with Gasteiger partial charge in [-0.1, -0.05) is 72.0 Å². The Hall–Kier alpha value is -3.32. The predicted octanol–water partition coefficient (Wildman–Crippen LogP) is 4.10. The zero-order valence-electron chi connectivity index (χ0n) is 16.4. The van der Waals surface area contributed by atoms with E-state index in [1.165, 1.54) is 11.3 Å². The van der Waals surface area contributed by atoms with E-state index in [0.29, 0.717) is 31.1 Å². The number of piperidine rings is 1. The van der Waals surface area contributed by atoms with Crippen molar-refractivity contribution in [2.75, 3.05) is 18.4 Å². The second kappa shape index (κ2) is 9.45. The molecule has 1 aromatic heterocycles. The highest BCUT2D eigenvalue weighted by Gasteiger charge is 2.27. The maximum atomic E-state index is 12.6. The fraction of sp³-hybridized carbons (Fsp3) is 0.217. The van der Waals surface area contributed by atoms with Crippen molar-refractivity contribution in [1.82, 2.24) is 15.1 Å². The number of hydrogen-bond donors (Lipinski definition) is 1. The Morgan fingerprint density at radius 2 is 1.63 bits per heavy atom. The average molecular weight is 419 g/mol. The minimum atomic E-state index is -0.128. The molecule has 3 aromatic rings. The molecule has 30 heavy (non-hydrogen) atoms. The molecule has 0 saturated carbocycles. The molecule has 2 aromatic carbocycles. The van der Waals surface area contributed by atoms with Gasteiger partial charge in [-0.2, -0.15) is 0 Å². The van der Waals surface area contributed by atoms with E-state index in [9.17, 15) is 9.59 Å². The van der Waals surface area contributed by atoms with Crippen LogP contribution in [-0.4, -0.2) is 40.0 Å². The van der Waals surface area contributed by atoms with Gasteiger partial charge in [0, 0.05) is 30.6 Å². The van der Waals surface area contributed by atoms with E-state index in [0.717, 1.165) is 16.1 Å². The van der Waals surface area contributed by atoms with E-state index < -0.39 is 0 Å². The Morgan fingerprint density at radius 1 is 0.967 bits per heavy atom. The van der Waals surface area contributed by atoms with Crippen LogP contribution in [0.15, 0.2) is 66.7 Å². The highest BCUT2D eigenvalue weighted by Crippen LogP contribution is 2.27. The first-order valence-electron chi connectivity index (χ1n) is 9.91. The molecule has 1 aliphatic rings. The smallest absolute Gasteiger partial charge is 0.246 e. The van der Waals surface area contributed by atoms with E-state index in [2.05, 4.69) is 15.5 Å². The van der Waals surface area contributed by atoms with Gasteiger partial charge in [-0.3, -0.25) is 9.59 Å². The van der Waals surface area contributed by atoms with Crippen LogP contribution in [0.5, 0.6) is 0 Å². The molecule has 1 N–H and O–H groups in total. The number of nitrogens with one attached hydrogen (secondary N) is 1. The Bertz CT molecular complexity index is 1030. The van der Waals surface area contributed by atoms with Crippen molar-refractivity contribution >= 4 is 34.4 Å². The lowest BCUT2D eigenvalue weighted by Crippen LogP contribution is -2.40. The van der Waals surface area contributed by atoms with Gasteiger partial charge in [-0.25, -0.2) is 0 Å². The van der Waals surface area contributed by atoms with E-state index in [1.807, 2.05) is 66.7 Å². The van der Waals surface area contributed by atoms with Crippen molar-refractivity contribution in [3.63, 3.8) is 0 Å². The van der Waals surface area contributed by atoms with Crippen molar-refractivity contribution in [2.24, 2.45) is 5.92 Å². The normalized spacial score (nSPS) is 14.7. The summed E-state index contributed by atoms with van der Waals surface area (Å²) in [5, 5.41) is 12.4. The summed E-state index contributed by atoms with van der Waals surface area (Å²) in [5.41, 5.74) is 1.97. The molecule has 6 nitrogen and oxygen atoms in total. The van der Waals surface area contributed by atoms with Gasteiger partial charge in [0.2, 0.25) is 16.9 Å². The van der Waals surface area contributed by atoms with Gasteiger partial charge in [0.25, 0.3) is 0 Å². The summed E-state index contributed by atoms with van der Waals surface area (Å²) in [5.74, 6) is -0.205. The lowest BCUT2D eigenvalue weighted by molar-refractivity contribution is -0.130. The van der Waals surface area contributed by atoms with Gasteiger partial charge in [0.15, 0.2) is 0 Å². The number of rotatable bonds is 5. The Morgan fingerprint density at radius 3 is 2.33 bits per heavy atom. The van der Waals surface area contributed by atoms with Crippen molar-refractivity contribution in [3.8, 4) is 10.6 Å². The van der Waals surface area contributed by atoms with Gasteiger partial charge >= 0.3 is 0 Å². The number of nitrogens with zero attached hydrogens (tertiary/aromatic N) is 3. The Balaban J connectivity index is 1.28. The fourth-order valence-electron chi connectivity index (χ4n) is 3.38. The molecule has 0 bridgehead atoms. The topological polar surface area (TPSA) is 75.2 Å². The number of aromatic nitrogens is 2. The van der Waals surface area contributed by atoms with Crippen molar-refractivity contribution < 1.29 is 9.59 Å². The molecule has 7 heteroatoms. The van der Waals surface area contributed by atoms with Gasteiger partial charge in [-0.15, -0.1) is 10.2 Å². The van der Waals surface area contributed by atoms with Gasteiger partial charge in [-0.05, 0) is 24.5 Å². The highest BCUT2D eigenvalue weighted by molar-refractivity contribution is 7.18. The third-order valence-electron chi connectivity index (χ3n) is 5.07. The summed E-state index contributed by atoms with van der Waals surface area (Å²) in [7, 11) is 0. The first-order chi connectivity index (χ1) is 14.7. The van der Waals surface area contributed by atoms with Crippen LogP contribution in [0.1, 0.15) is 18.4 Å². The first-order valence-corrected chi connectivity index (χ1v) is 10.7. The molecular weight excluding hydrogens is 396 g/mol. The van der Waals surface area contributed by atoms with Crippen LogP contribution in [0.25, 0.3) is 16.6 Å². The molecule has 0 atom stereocenters. The number of anilines is 1. The maximum Gasteiger partial charge on any atom is 0.246 e. The highest BCUT2D eigenvalue weighted by atomic mass is 32.1. The van der Waals surface area contributed by atoms with E-state index in [4.69, 9.17) is 0 Å².